The Bertz CT molecular complexity index is 226. The third-order valence-electron chi connectivity index (χ3n) is 2.86. The molecule has 15 heavy (non-hydrogen) atoms. The van der Waals surface area contributed by atoms with Gasteiger partial charge in [0.2, 0.25) is 0 Å². The number of hydrogen-bond acceptors (Lipinski definition) is 2. The van der Waals surface area contributed by atoms with Crippen LogP contribution in [0.15, 0.2) is 0 Å². The molecule has 0 aliphatic rings. The van der Waals surface area contributed by atoms with Crippen LogP contribution >= 0.6 is 7.14 Å². The van der Waals surface area contributed by atoms with E-state index in [0.29, 0.717) is 6.42 Å². The van der Waals surface area contributed by atoms with Crippen molar-refractivity contribution in [1.82, 2.24) is 0 Å². The van der Waals surface area contributed by atoms with E-state index >= 15 is 0 Å². The molecule has 1 unspecified atom stereocenters. The maximum Gasteiger partial charge on any atom is 0.130 e. The molecule has 0 spiro atoms. The highest BCUT2D eigenvalue weighted by Crippen LogP contribution is 2.54. The van der Waals surface area contributed by atoms with E-state index in [1.54, 1.807) is 6.92 Å². The normalized spacial score (nSPS) is 13.9. The molecule has 0 radical (unpaired) electrons. The van der Waals surface area contributed by atoms with Gasteiger partial charge in [-0.1, -0.05) is 20.8 Å². The minimum atomic E-state index is -2.10. The Morgan fingerprint density at radius 1 is 1.13 bits per heavy atom. The molecule has 0 bridgehead atoms. The van der Waals surface area contributed by atoms with Gasteiger partial charge in [-0.05, 0) is 26.2 Å². The summed E-state index contributed by atoms with van der Waals surface area (Å²) in [5.74, 6) is 0.175. The van der Waals surface area contributed by atoms with Crippen LogP contribution in [-0.4, -0.2) is 23.8 Å². The molecule has 3 heteroatoms. The van der Waals surface area contributed by atoms with E-state index in [-0.39, 0.29) is 11.4 Å². The summed E-state index contributed by atoms with van der Waals surface area (Å²) in [6, 6.07) is 0. The number of ketones is 1. The van der Waals surface area contributed by atoms with Crippen LogP contribution in [0.3, 0.4) is 0 Å². The van der Waals surface area contributed by atoms with Crippen LogP contribution in [0, 0.1) is 0 Å². The molecule has 0 fully saturated rings. The molecule has 90 valence electrons. The Morgan fingerprint density at radius 3 is 1.87 bits per heavy atom. The fourth-order valence-corrected chi connectivity index (χ4v) is 5.93. The van der Waals surface area contributed by atoms with Crippen molar-refractivity contribution < 1.29 is 9.36 Å². The van der Waals surface area contributed by atoms with Crippen LogP contribution in [0.2, 0.25) is 0 Å². The van der Waals surface area contributed by atoms with Crippen molar-refractivity contribution in [3.8, 4) is 0 Å². The number of carbonyl (C=O) groups excluding carboxylic acids is 1. The molecule has 0 N–H and O–H groups in total. The third kappa shape index (κ3) is 4.97. The second-order valence-electron chi connectivity index (χ2n) is 4.37. The molecule has 0 saturated carbocycles. The molecule has 0 aliphatic heterocycles. The highest BCUT2D eigenvalue weighted by Gasteiger charge is 2.30. The summed E-state index contributed by atoms with van der Waals surface area (Å²) >= 11 is 0. The molecular weight excluding hydrogens is 207 g/mol. The van der Waals surface area contributed by atoms with Crippen molar-refractivity contribution in [2.24, 2.45) is 0 Å². The van der Waals surface area contributed by atoms with Crippen molar-refractivity contribution in [3.63, 3.8) is 0 Å². The van der Waals surface area contributed by atoms with E-state index in [1.807, 2.05) is 6.92 Å². The average molecular weight is 232 g/mol. The summed E-state index contributed by atoms with van der Waals surface area (Å²) in [5, 5.41) is 0. The second-order valence-corrected chi connectivity index (χ2v) is 7.90. The van der Waals surface area contributed by atoms with Gasteiger partial charge in [-0.15, -0.1) is 0 Å². The van der Waals surface area contributed by atoms with Crippen molar-refractivity contribution in [2.45, 2.75) is 59.0 Å². The first-order valence-corrected chi connectivity index (χ1v) is 8.22. The van der Waals surface area contributed by atoms with E-state index in [1.165, 1.54) is 0 Å². The van der Waals surface area contributed by atoms with Crippen molar-refractivity contribution in [2.75, 3.05) is 12.3 Å². The number of Topliss-reactive ketones (excluding diaryl/α,β-unsaturated/α-hetero) is 1. The van der Waals surface area contributed by atoms with E-state index < -0.39 is 7.14 Å². The number of carbonyl (C=O) groups is 1. The van der Waals surface area contributed by atoms with Crippen LogP contribution in [0.1, 0.15) is 53.4 Å². The maximum absolute atomic E-state index is 12.7. The first-order chi connectivity index (χ1) is 7.00. The van der Waals surface area contributed by atoms with Gasteiger partial charge < -0.3 is 9.36 Å². The molecular formula is C12H25O2P. The summed E-state index contributed by atoms with van der Waals surface area (Å²) in [4.78, 5) is 11.1. The molecule has 1 atom stereocenters. The Labute approximate surface area is 94.2 Å². The van der Waals surface area contributed by atoms with Crippen molar-refractivity contribution in [1.29, 1.82) is 0 Å². The van der Waals surface area contributed by atoms with Crippen LogP contribution in [-0.2, 0) is 9.36 Å². The lowest BCUT2D eigenvalue weighted by atomic mass is 10.2. The quantitative estimate of drug-likeness (QED) is 0.594. The molecule has 0 saturated heterocycles. The SMILES string of the molecule is CCCP(=O)(CCC)C(CC)CC(C)=O. The van der Waals surface area contributed by atoms with E-state index in [2.05, 4.69) is 13.8 Å². The predicted octanol–water partition coefficient (Wildman–Crippen LogP) is 3.93. The molecule has 0 amide bonds. The van der Waals surface area contributed by atoms with Gasteiger partial charge in [-0.2, -0.15) is 0 Å². The maximum atomic E-state index is 12.7. The highest BCUT2D eigenvalue weighted by atomic mass is 31.2. The summed E-state index contributed by atoms with van der Waals surface area (Å²) in [6.07, 6.45) is 4.93. The van der Waals surface area contributed by atoms with Crippen LogP contribution < -0.4 is 0 Å². The first kappa shape index (κ1) is 14.9. The zero-order chi connectivity index (χ0) is 11.9. The van der Waals surface area contributed by atoms with Gasteiger partial charge in [0, 0.05) is 24.4 Å². The van der Waals surface area contributed by atoms with Gasteiger partial charge in [0.05, 0.1) is 7.14 Å². The minimum absolute atomic E-state index is 0.134. The zero-order valence-electron chi connectivity index (χ0n) is 10.6. The van der Waals surface area contributed by atoms with Gasteiger partial charge >= 0.3 is 0 Å². The Morgan fingerprint density at radius 2 is 1.60 bits per heavy atom. The Balaban J connectivity index is 4.68. The van der Waals surface area contributed by atoms with Gasteiger partial charge in [-0.3, -0.25) is 0 Å². The average Bonchev–Trinajstić information content (AvgIpc) is 2.14. The summed E-state index contributed by atoms with van der Waals surface area (Å²) in [5.41, 5.74) is 0.134. The Hall–Kier alpha value is -0.100. The lowest BCUT2D eigenvalue weighted by Gasteiger charge is -2.25. The van der Waals surface area contributed by atoms with Crippen LogP contribution in [0.4, 0.5) is 0 Å². The highest BCUT2D eigenvalue weighted by molar-refractivity contribution is 7.64. The van der Waals surface area contributed by atoms with Crippen molar-refractivity contribution in [3.05, 3.63) is 0 Å². The van der Waals surface area contributed by atoms with E-state index in [0.717, 1.165) is 31.6 Å². The Kier molecular flexibility index (Phi) is 7.17. The molecule has 0 aromatic rings. The van der Waals surface area contributed by atoms with Crippen LogP contribution in [0.25, 0.3) is 0 Å². The second kappa shape index (κ2) is 7.22. The molecule has 2 nitrogen and oxygen atoms in total. The van der Waals surface area contributed by atoms with Gasteiger partial charge in [0.1, 0.15) is 5.78 Å². The standard InChI is InChI=1S/C12H25O2P/c1-5-8-15(14,9-6-2)12(7-3)10-11(4)13/h12H,5-10H2,1-4H3. The van der Waals surface area contributed by atoms with Crippen LogP contribution in [0.5, 0.6) is 0 Å². The molecule has 0 aromatic heterocycles. The van der Waals surface area contributed by atoms with Crippen molar-refractivity contribution >= 4 is 12.9 Å². The molecule has 0 aliphatic carbocycles. The van der Waals surface area contributed by atoms with Gasteiger partial charge in [0.15, 0.2) is 0 Å². The largest absolute Gasteiger partial charge is 0.323 e. The summed E-state index contributed by atoms with van der Waals surface area (Å²) in [6.45, 7) is 7.79. The van der Waals surface area contributed by atoms with Gasteiger partial charge in [-0.25, -0.2) is 0 Å². The third-order valence-corrected chi connectivity index (χ3v) is 7.15. The molecule has 0 heterocycles. The fraction of sp³-hybridized carbons (Fsp3) is 0.917. The van der Waals surface area contributed by atoms with E-state index in [9.17, 15) is 9.36 Å². The zero-order valence-corrected chi connectivity index (χ0v) is 11.5. The minimum Gasteiger partial charge on any atom is -0.323 e. The predicted molar refractivity (Wildman–Crippen MR) is 67.3 cm³/mol. The molecule has 0 aromatic carbocycles. The lowest BCUT2D eigenvalue weighted by molar-refractivity contribution is -0.117. The number of rotatable bonds is 8. The topological polar surface area (TPSA) is 34.1 Å². The van der Waals surface area contributed by atoms with Gasteiger partial charge in [0.25, 0.3) is 0 Å². The number of hydrogen-bond donors (Lipinski definition) is 0. The molecule has 0 rings (SSSR count). The smallest absolute Gasteiger partial charge is 0.130 e. The fourth-order valence-electron chi connectivity index (χ4n) is 2.21. The summed E-state index contributed by atoms with van der Waals surface area (Å²) < 4.78 is 12.7. The first-order valence-electron chi connectivity index (χ1n) is 6.07. The summed E-state index contributed by atoms with van der Waals surface area (Å²) in [7, 11) is -2.10. The van der Waals surface area contributed by atoms with E-state index in [4.69, 9.17) is 0 Å². The monoisotopic (exact) mass is 232 g/mol. The lowest BCUT2D eigenvalue weighted by Crippen LogP contribution is -2.16.